The van der Waals surface area contributed by atoms with E-state index in [-0.39, 0.29) is 18.9 Å². The summed E-state index contributed by atoms with van der Waals surface area (Å²) < 4.78 is 44.5. The van der Waals surface area contributed by atoms with Gasteiger partial charge in [-0.3, -0.25) is 0 Å². The lowest BCUT2D eigenvalue weighted by molar-refractivity contribution is -0.0558. The van der Waals surface area contributed by atoms with Gasteiger partial charge in [0.05, 0.1) is 6.54 Å². The van der Waals surface area contributed by atoms with Crippen molar-refractivity contribution in [3.05, 3.63) is 35.4 Å². The van der Waals surface area contributed by atoms with Crippen molar-refractivity contribution in [3.63, 3.8) is 0 Å². The van der Waals surface area contributed by atoms with Crippen LogP contribution >= 0.6 is 0 Å². The molecule has 1 aromatic carbocycles. The van der Waals surface area contributed by atoms with Crippen LogP contribution in [0.4, 0.5) is 13.6 Å². The molecular weight excluding hydrogens is 320 g/mol. The Hall–Kier alpha value is -1.73. The van der Waals surface area contributed by atoms with E-state index >= 15 is 0 Å². The molecule has 0 spiro atoms. The Kier molecular flexibility index (Phi) is 4.25. The summed E-state index contributed by atoms with van der Waals surface area (Å²) in [5.41, 5.74) is -1.55. The minimum absolute atomic E-state index is 0.0250. The Balaban J connectivity index is 1.83. The van der Waals surface area contributed by atoms with E-state index in [1.54, 1.807) is 20.8 Å². The molecule has 24 heavy (non-hydrogen) atoms. The Labute approximate surface area is 139 Å². The van der Waals surface area contributed by atoms with Gasteiger partial charge in [-0.2, -0.15) is 0 Å². The third-order valence-corrected chi connectivity index (χ3v) is 4.28. The largest absolute Gasteiger partial charge is 0.444 e. The first-order chi connectivity index (χ1) is 11.2. The molecule has 2 aliphatic rings. The number of rotatable bonds is 1. The maximum atomic E-state index is 14.3. The molecule has 2 saturated heterocycles. The first kappa shape index (κ1) is 17.1. The van der Waals surface area contributed by atoms with Crippen molar-refractivity contribution < 1.29 is 27.8 Å². The lowest BCUT2D eigenvalue weighted by atomic mass is 9.82. The zero-order chi connectivity index (χ0) is 17.5. The molecule has 7 heteroatoms. The van der Waals surface area contributed by atoms with Crippen LogP contribution in [0.2, 0.25) is 0 Å². The number of carbonyl (C=O) groups excluding carboxylic acids is 1. The molecule has 0 aliphatic carbocycles. The minimum atomic E-state index is -1.08. The summed E-state index contributed by atoms with van der Waals surface area (Å²) in [4.78, 5) is 13.8. The number of likely N-dealkylation sites (tertiary alicyclic amines) is 1. The van der Waals surface area contributed by atoms with E-state index in [4.69, 9.17) is 14.2 Å². The molecule has 2 atom stereocenters. The van der Waals surface area contributed by atoms with Crippen molar-refractivity contribution in [3.8, 4) is 0 Å². The number of amides is 1. The normalized spacial score (nSPS) is 27.0. The second kappa shape index (κ2) is 5.97. The summed E-state index contributed by atoms with van der Waals surface area (Å²) >= 11 is 0. The third kappa shape index (κ3) is 3.10. The van der Waals surface area contributed by atoms with E-state index in [2.05, 4.69) is 0 Å². The van der Waals surface area contributed by atoms with Gasteiger partial charge in [0.2, 0.25) is 0 Å². The van der Waals surface area contributed by atoms with Crippen molar-refractivity contribution in [2.45, 2.75) is 44.5 Å². The van der Waals surface area contributed by atoms with Crippen LogP contribution in [0.3, 0.4) is 0 Å². The summed E-state index contributed by atoms with van der Waals surface area (Å²) in [6, 6.07) is 3.29. The molecule has 5 nitrogen and oxygen atoms in total. The van der Waals surface area contributed by atoms with E-state index in [1.165, 1.54) is 4.90 Å². The second-order valence-corrected chi connectivity index (χ2v) is 7.11. The number of fused-ring (bicyclic) bond motifs is 1. The summed E-state index contributed by atoms with van der Waals surface area (Å²) in [5.74, 6) is -1.08. The highest BCUT2D eigenvalue weighted by molar-refractivity contribution is 5.68. The van der Waals surface area contributed by atoms with Crippen LogP contribution in [-0.2, 0) is 19.8 Å². The predicted molar refractivity (Wildman–Crippen MR) is 81.3 cm³/mol. The van der Waals surface area contributed by atoms with Gasteiger partial charge in [-0.25, -0.2) is 13.6 Å². The van der Waals surface area contributed by atoms with E-state index in [1.807, 2.05) is 0 Å². The first-order valence-electron chi connectivity index (χ1n) is 7.90. The van der Waals surface area contributed by atoms with E-state index in [0.717, 1.165) is 18.2 Å². The topological polar surface area (TPSA) is 48.0 Å². The molecule has 2 aliphatic heterocycles. The zero-order valence-electron chi connectivity index (χ0n) is 14.0. The number of hydrogen-bond donors (Lipinski definition) is 0. The van der Waals surface area contributed by atoms with Gasteiger partial charge in [0.15, 0.2) is 0 Å². The number of carbonyl (C=O) groups is 1. The molecule has 0 radical (unpaired) electrons. The maximum absolute atomic E-state index is 14.3. The van der Waals surface area contributed by atoms with Crippen molar-refractivity contribution in [1.82, 2.24) is 4.90 Å². The lowest BCUT2D eigenvalue weighted by Crippen LogP contribution is -2.54. The van der Waals surface area contributed by atoms with Crippen molar-refractivity contribution in [1.29, 1.82) is 0 Å². The molecule has 1 amide bonds. The van der Waals surface area contributed by atoms with Gasteiger partial charge in [-0.1, -0.05) is 0 Å². The first-order valence-corrected chi connectivity index (χ1v) is 7.90. The predicted octanol–water partition coefficient (Wildman–Crippen LogP) is 3.17. The fourth-order valence-corrected chi connectivity index (χ4v) is 3.17. The van der Waals surface area contributed by atoms with Gasteiger partial charge in [0.1, 0.15) is 35.7 Å². The fourth-order valence-electron chi connectivity index (χ4n) is 3.17. The number of halogens is 2. The number of piperidine rings is 1. The van der Waals surface area contributed by atoms with Crippen LogP contribution in [-0.4, -0.2) is 42.6 Å². The summed E-state index contributed by atoms with van der Waals surface area (Å²) in [5, 5.41) is 0. The van der Waals surface area contributed by atoms with Crippen LogP contribution in [0.5, 0.6) is 0 Å². The van der Waals surface area contributed by atoms with Crippen molar-refractivity contribution in [2.24, 2.45) is 0 Å². The Morgan fingerprint density at radius 3 is 2.83 bits per heavy atom. The molecule has 2 fully saturated rings. The molecule has 0 N–H and O–H groups in total. The summed E-state index contributed by atoms with van der Waals surface area (Å²) in [6.45, 7) is 5.85. The highest BCUT2D eigenvalue weighted by Crippen LogP contribution is 2.43. The molecule has 2 heterocycles. The van der Waals surface area contributed by atoms with Gasteiger partial charge in [-0.15, -0.1) is 0 Å². The molecule has 0 unspecified atom stereocenters. The molecule has 132 valence electrons. The molecule has 3 rings (SSSR count). The number of nitrogens with zero attached hydrogens (tertiary/aromatic N) is 1. The van der Waals surface area contributed by atoms with E-state index in [9.17, 15) is 13.6 Å². The Morgan fingerprint density at radius 2 is 2.12 bits per heavy atom. The lowest BCUT2D eigenvalue weighted by Gasteiger charge is -2.42. The fraction of sp³-hybridized carbons (Fsp3) is 0.588. The van der Waals surface area contributed by atoms with Gasteiger partial charge < -0.3 is 19.1 Å². The molecule has 0 aromatic heterocycles. The molecule has 1 aromatic rings. The zero-order valence-corrected chi connectivity index (χ0v) is 14.0. The number of benzene rings is 1. The maximum Gasteiger partial charge on any atom is 0.410 e. The smallest absolute Gasteiger partial charge is 0.410 e. The van der Waals surface area contributed by atoms with Gasteiger partial charge in [0.25, 0.3) is 0 Å². The summed E-state index contributed by atoms with van der Waals surface area (Å²) in [6.07, 6.45) is -0.724. The average Bonchev–Trinajstić information content (AvgIpc) is 2.91. The van der Waals surface area contributed by atoms with Gasteiger partial charge >= 0.3 is 6.09 Å². The highest BCUT2D eigenvalue weighted by atomic mass is 19.1. The molecular formula is C17H21F2NO4. The van der Waals surface area contributed by atoms with Crippen molar-refractivity contribution in [2.75, 3.05) is 19.9 Å². The molecule has 0 saturated carbocycles. The average molecular weight is 341 g/mol. The number of hydrogen-bond acceptors (Lipinski definition) is 4. The van der Waals surface area contributed by atoms with Gasteiger partial charge in [-0.05, 0) is 39.0 Å². The van der Waals surface area contributed by atoms with Crippen LogP contribution in [0.15, 0.2) is 18.2 Å². The molecule has 0 bridgehead atoms. The van der Waals surface area contributed by atoms with E-state index in [0.29, 0.717) is 13.0 Å². The van der Waals surface area contributed by atoms with Crippen LogP contribution < -0.4 is 0 Å². The minimum Gasteiger partial charge on any atom is -0.444 e. The van der Waals surface area contributed by atoms with Crippen molar-refractivity contribution >= 4 is 6.09 Å². The van der Waals surface area contributed by atoms with Crippen LogP contribution in [0, 0.1) is 11.6 Å². The van der Waals surface area contributed by atoms with Crippen LogP contribution in [0.1, 0.15) is 32.8 Å². The monoisotopic (exact) mass is 341 g/mol. The Morgan fingerprint density at radius 1 is 1.38 bits per heavy atom. The van der Waals surface area contributed by atoms with E-state index < -0.39 is 35.0 Å². The highest BCUT2D eigenvalue weighted by Gasteiger charge is 2.52. The van der Waals surface area contributed by atoms with Gasteiger partial charge in [0, 0.05) is 18.5 Å². The third-order valence-electron chi connectivity index (χ3n) is 4.28. The second-order valence-electron chi connectivity index (χ2n) is 7.11. The quantitative estimate of drug-likeness (QED) is 0.787. The Bertz CT molecular complexity index is 646. The SMILES string of the molecule is CC(C)(C)OC(=O)N1CC[C@]2(c3cc(F)ccc3F)OCO[C@@H]2C1. The standard InChI is InChI=1S/C17H21F2NO4/c1-16(2,3)24-15(21)20-7-6-17(14(9-20)22-10-23-17)12-8-11(18)4-5-13(12)19/h4-5,8,14H,6-7,9-10H2,1-3H3/t14-,17-/m1/s1. The van der Waals surface area contributed by atoms with Crippen LogP contribution in [0.25, 0.3) is 0 Å². The summed E-state index contributed by atoms with van der Waals surface area (Å²) in [7, 11) is 0. The number of ether oxygens (including phenoxy) is 3.